The summed E-state index contributed by atoms with van der Waals surface area (Å²) in [5.41, 5.74) is 1.06. The summed E-state index contributed by atoms with van der Waals surface area (Å²) in [6, 6.07) is 9.63. The number of rotatable bonds is 2. The summed E-state index contributed by atoms with van der Waals surface area (Å²) >= 11 is 0. The smallest absolute Gasteiger partial charge is 0.317 e. The van der Waals surface area contributed by atoms with Crippen molar-refractivity contribution in [1.29, 1.82) is 0 Å². The number of nitrogens with zero attached hydrogens (tertiary/aromatic N) is 2. The number of benzene rings is 1. The molecule has 3 rings (SSSR count). The molecule has 2 saturated heterocycles. The highest BCUT2D eigenvalue weighted by atomic mass is 16.5. The third-order valence-corrected chi connectivity index (χ3v) is 4.12. The Balaban J connectivity index is 1.56. The van der Waals surface area contributed by atoms with Crippen LogP contribution in [0, 0.1) is 0 Å². The highest BCUT2D eigenvalue weighted by Gasteiger charge is 2.43. The standard InChI is InChI=1S/C15H19N3O3/c1-17-12-8-18(9-13(12)21-10-14(17)19)15(20)16-7-11-5-3-2-4-6-11/h2-6,12-13H,7-10H2,1H3,(H,16,20)/t12-,13-/m0/s1. The number of hydrogen-bond acceptors (Lipinski definition) is 3. The van der Waals surface area contributed by atoms with Crippen molar-refractivity contribution in [1.82, 2.24) is 15.1 Å². The molecule has 6 heteroatoms. The summed E-state index contributed by atoms with van der Waals surface area (Å²) < 4.78 is 5.51. The molecule has 2 atom stereocenters. The Labute approximate surface area is 123 Å². The van der Waals surface area contributed by atoms with Crippen LogP contribution in [0.5, 0.6) is 0 Å². The third kappa shape index (κ3) is 2.85. The zero-order valence-electron chi connectivity index (χ0n) is 12.0. The summed E-state index contributed by atoms with van der Waals surface area (Å²) in [6.45, 7) is 1.66. The van der Waals surface area contributed by atoms with Crippen LogP contribution in [0.1, 0.15) is 5.56 Å². The molecule has 1 aromatic rings. The Bertz CT molecular complexity index is 534. The van der Waals surface area contributed by atoms with Crippen LogP contribution in [0.3, 0.4) is 0 Å². The van der Waals surface area contributed by atoms with Crippen LogP contribution in [0.25, 0.3) is 0 Å². The molecule has 1 N–H and O–H groups in total. The zero-order chi connectivity index (χ0) is 14.8. The number of ether oxygens (including phenoxy) is 1. The SMILES string of the molecule is CN1C(=O)CO[C@H]2CN(C(=O)NCc3ccccc3)C[C@@H]21. The molecular formula is C15H19N3O3. The first-order chi connectivity index (χ1) is 10.1. The fourth-order valence-electron chi connectivity index (χ4n) is 2.81. The molecule has 6 nitrogen and oxygen atoms in total. The molecule has 1 aromatic carbocycles. The molecule has 21 heavy (non-hydrogen) atoms. The van der Waals surface area contributed by atoms with E-state index < -0.39 is 0 Å². The third-order valence-electron chi connectivity index (χ3n) is 4.12. The van der Waals surface area contributed by atoms with Crippen molar-refractivity contribution < 1.29 is 14.3 Å². The number of morpholine rings is 1. The maximum atomic E-state index is 12.2. The number of carbonyl (C=O) groups is 2. The van der Waals surface area contributed by atoms with E-state index in [9.17, 15) is 9.59 Å². The van der Waals surface area contributed by atoms with Gasteiger partial charge in [0.2, 0.25) is 5.91 Å². The Morgan fingerprint density at radius 3 is 2.86 bits per heavy atom. The summed E-state index contributed by atoms with van der Waals surface area (Å²) in [7, 11) is 1.77. The molecule has 0 spiro atoms. The highest BCUT2D eigenvalue weighted by molar-refractivity contribution is 5.79. The zero-order valence-corrected chi connectivity index (χ0v) is 12.0. The van der Waals surface area contributed by atoms with Gasteiger partial charge in [0.25, 0.3) is 0 Å². The van der Waals surface area contributed by atoms with Crippen LogP contribution in [0.15, 0.2) is 30.3 Å². The van der Waals surface area contributed by atoms with Crippen molar-refractivity contribution >= 4 is 11.9 Å². The first-order valence-corrected chi connectivity index (χ1v) is 7.09. The van der Waals surface area contributed by atoms with Gasteiger partial charge in [-0.2, -0.15) is 0 Å². The largest absolute Gasteiger partial charge is 0.364 e. The van der Waals surface area contributed by atoms with E-state index >= 15 is 0 Å². The van der Waals surface area contributed by atoms with Gasteiger partial charge < -0.3 is 19.9 Å². The van der Waals surface area contributed by atoms with Crippen molar-refractivity contribution in [2.75, 3.05) is 26.7 Å². The number of hydrogen-bond donors (Lipinski definition) is 1. The molecule has 3 amide bonds. The van der Waals surface area contributed by atoms with Crippen molar-refractivity contribution in [3.05, 3.63) is 35.9 Å². The van der Waals surface area contributed by atoms with E-state index in [1.165, 1.54) is 0 Å². The maximum Gasteiger partial charge on any atom is 0.317 e. The number of carbonyl (C=O) groups excluding carboxylic acids is 2. The Kier molecular flexibility index (Phi) is 3.79. The number of amides is 3. The number of urea groups is 1. The van der Waals surface area contributed by atoms with E-state index in [-0.39, 0.29) is 30.7 Å². The van der Waals surface area contributed by atoms with Gasteiger partial charge in [-0.1, -0.05) is 30.3 Å². The van der Waals surface area contributed by atoms with Crippen LogP contribution in [-0.4, -0.2) is 60.6 Å². The normalized spacial score (nSPS) is 24.9. The van der Waals surface area contributed by atoms with Crippen molar-refractivity contribution in [3.8, 4) is 0 Å². The molecule has 2 heterocycles. The minimum absolute atomic E-state index is 0.0252. The van der Waals surface area contributed by atoms with Gasteiger partial charge in [0.1, 0.15) is 6.61 Å². The van der Waals surface area contributed by atoms with Gasteiger partial charge in [-0.3, -0.25) is 4.79 Å². The van der Waals surface area contributed by atoms with E-state index in [1.807, 2.05) is 30.3 Å². The van der Waals surface area contributed by atoms with Crippen LogP contribution < -0.4 is 5.32 Å². The molecule has 2 fully saturated rings. The van der Waals surface area contributed by atoms with Gasteiger partial charge in [-0.05, 0) is 5.56 Å². The van der Waals surface area contributed by atoms with Crippen LogP contribution >= 0.6 is 0 Å². The summed E-state index contributed by atoms with van der Waals surface area (Å²) in [4.78, 5) is 27.2. The average molecular weight is 289 g/mol. The average Bonchev–Trinajstić information content (AvgIpc) is 2.95. The monoisotopic (exact) mass is 289 g/mol. The topological polar surface area (TPSA) is 61.9 Å². The first kappa shape index (κ1) is 13.9. The molecule has 112 valence electrons. The summed E-state index contributed by atoms with van der Waals surface area (Å²) in [5.74, 6) is -0.0252. The number of nitrogens with one attached hydrogen (secondary N) is 1. The second-order valence-corrected chi connectivity index (χ2v) is 5.47. The van der Waals surface area contributed by atoms with E-state index in [1.54, 1.807) is 16.8 Å². The van der Waals surface area contributed by atoms with Gasteiger partial charge in [-0.25, -0.2) is 4.79 Å². The van der Waals surface area contributed by atoms with Crippen molar-refractivity contribution in [3.63, 3.8) is 0 Å². The van der Waals surface area contributed by atoms with E-state index in [0.29, 0.717) is 19.6 Å². The molecule has 0 aromatic heterocycles. The summed E-state index contributed by atoms with van der Waals surface area (Å²) in [6.07, 6.45) is -0.0739. The Morgan fingerprint density at radius 1 is 1.33 bits per heavy atom. The van der Waals surface area contributed by atoms with E-state index in [2.05, 4.69) is 5.32 Å². The van der Waals surface area contributed by atoms with Gasteiger partial charge in [-0.15, -0.1) is 0 Å². The minimum Gasteiger partial charge on any atom is -0.364 e. The predicted octanol–water partition coefficient (Wildman–Crippen LogP) is 0.438. The minimum atomic E-state index is -0.113. The molecule has 2 aliphatic heterocycles. The molecule has 0 bridgehead atoms. The van der Waals surface area contributed by atoms with Gasteiger partial charge >= 0.3 is 6.03 Å². The van der Waals surface area contributed by atoms with Crippen LogP contribution in [-0.2, 0) is 16.1 Å². The van der Waals surface area contributed by atoms with Crippen molar-refractivity contribution in [2.24, 2.45) is 0 Å². The lowest BCUT2D eigenvalue weighted by Gasteiger charge is -2.33. The molecular weight excluding hydrogens is 270 g/mol. The lowest BCUT2D eigenvalue weighted by molar-refractivity contribution is -0.150. The maximum absolute atomic E-state index is 12.2. The quantitative estimate of drug-likeness (QED) is 0.859. The van der Waals surface area contributed by atoms with Crippen LogP contribution in [0.2, 0.25) is 0 Å². The molecule has 2 aliphatic rings. The number of likely N-dealkylation sites (N-methyl/N-ethyl adjacent to an activating group) is 1. The molecule has 0 radical (unpaired) electrons. The fraction of sp³-hybridized carbons (Fsp3) is 0.467. The van der Waals surface area contributed by atoms with Gasteiger partial charge in [0.15, 0.2) is 0 Å². The second kappa shape index (κ2) is 5.73. The predicted molar refractivity (Wildman–Crippen MR) is 76.5 cm³/mol. The van der Waals surface area contributed by atoms with Crippen molar-refractivity contribution in [2.45, 2.75) is 18.7 Å². The lowest BCUT2D eigenvalue weighted by Crippen LogP contribution is -2.51. The fourth-order valence-corrected chi connectivity index (χ4v) is 2.81. The van der Waals surface area contributed by atoms with E-state index in [4.69, 9.17) is 4.74 Å². The Hall–Kier alpha value is -2.08. The first-order valence-electron chi connectivity index (χ1n) is 7.09. The second-order valence-electron chi connectivity index (χ2n) is 5.47. The molecule has 0 unspecified atom stereocenters. The van der Waals surface area contributed by atoms with Gasteiger partial charge in [0, 0.05) is 20.1 Å². The molecule has 0 aliphatic carbocycles. The number of fused-ring (bicyclic) bond motifs is 1. The Morgan fingerprint density at radius 2 is 2.10 bits per heavy atom. The van der Waals surface area contributed by atoms with E-state index in [0.717, 1.165) is 5.56 Å². The highest BCUT2D eigenvalue weighted by Crippen LogP contribution is 2.22. The lowest BCUT2D eigenvalue weighted by atomic mass is 10.1. The van der Waals surface area contributed by atoms with Gasteiger partial charge in [0.05, 0.1) is 18.7 Å². The van der Waals surface area contributed by atoms with Crippen LogP contribution in [0.4, 0.5) is 4.79 Å². The molecule has 0 saturated carbocycles. The summed E-state index contributed by atoms with van der Waals surface area (Å²) in [5, 5.41) is 2.90. The number of likely N-dealkylation sites (tertiary alicyclic amines) is 1.